The van der Waals surface area contributed by atoms with E-state index in [4.69, 9.17) is 24.1 Å². The molecule has 0 bridgehead atoms. The molecule has 3 unspecified atom stereocenters. The number of ether oxygens (including phenoxy) is 1. The van der Waals surface area contributed by atoms with Crippen LogP contribution in [0.3, 0.4) is 0 Å². The number of rotatable bonds is 6. The van der Waals surface area contributed by atoms with Crippen LogP contribution in [0, 0.1) is 5.92 Å². The predicted molar refractivity (Wildman–Crippen MR) is 251 cm³/mol. The third kappa shape index (κ3) is 5.72. The van der Waals surface area contributed by atoms with Crippen LogP contribution in [-0.4, -0.2) is 15.0 Å². The van der Waals surface area contributed by atoms with Crippen molar-refractivity contribution in [3.05, 3.63) is 198 Å². The lowest BCUT2D eigenvalue weighted by Gasteiger charge is -2.38. The SMILES string of the molecule is CCC1Oc2c(-c3cccc4c3C(c3ccccc3)C(C)C3=C4C=CCC3)cccc2-c2c(-c3nc(-c4ccccc4)nc(-c4cccc5c4oc4ccccc45)n3)cccc21. The molecule has 3 heterocycles. The topological polar surface area (TPSA) is 61.0 Å². The maximum atomic E-state index is 7.22. The highest BCUT2D eigenvalue weighted by Gasteiger charge is 2.37. The Hall–Kier alpha value is -7.37. The molecule has 298 valence electrons. The van der Waals surface area contributed by atoms with Crippen molar-refractivity contribution >= 4 is 27.5 Å². The first-order valence-electron chi connectivity index (χ1n) is 21.9. The highest BCUT2D eigenvalue weighted by molar-refractivity contribution is 6.09. The van der Waals surface area contributed by atoms with Gasteiger partial charge in [0, 0.05) is 50.1 Å². The van der Waals surface area contributed by atoms with Gasteiger partial charge in [-0.15, -0.1) is 0 Å². The largest absolute Gasteiger partial charge is 0.484 e. The Bertz CT molecular complexity index is 3290. The van der Waals surface area contributed by atoms with Crippen LogP contribution in [-0.2, 0) is 0 Å². The van der Waals surface area contributed by atoms with Gasteiger partial charge in [0.15, 0.2) is 17.5 Å². The number of hydrogen-bond donors (Lipinski definition) is 0. The summed E-state index contributed by atoms with van der Waals surface area (Å²) in [4.78, 5) is 15.8. The van der Waals surface area contributed by atoms with E-state index in [2.05, 4.69) is 141 Å². The highest BCUT2D eigenvalue weighted by Crippen LogP contribution is 2.56. The lowest BCUT2D eigenvalue weighted by atomic mass is 9.66. The van der Waals surface area contributed by atoms with E-state index in [1.54, 1.807) is 5.57 Å². The zero-order valence-electron chi connectivity index (χ0n) is 34.7. The Labute approximate surface area is 361 Å². The van der Waals surface area contributed by atoms with Crippen molar-refractivity contribution in [1.82, 2.24) is 15.0 Å². The van der Waals surface area contributed by atoms with Crippen LogP contribution in [0.25, 0.3) is 83.9 Å². The molecule has 1 aliphatic heterocycles. The summed E-state index contributed by atoms with van der Waals surface area (Å²) in [6, 6.07) is 55.6. The summed E-state index contributed by atoms with van der Waals surface area (Å²) < 4.78 is 13.8. The minimum absolute atomic E-state index is 0.170. The van der Waals surface area contributed by atoms with Crippen LogP contribution >= 0.6 is 0 Å². The van der Waals surface area contributed by atoms with Crippen molar-refractivity contribution in [1.29, 1.82) is 0 Å². The molecular weight excluding hydrogens is 759 g/mol. The summed E-state index contributed by atoms with van der Waals surface area (Å²) in [6.45, 7) is 4.64. The standard InChI is InChI=1S/C57H43N3O2/c1-3-48-44-29-17-31-46(56-58-55(36-20-8-5-9-21-36)59-57(60-56)47-32-16-27-42-39-24-12-13-33-49(39)62-54(42)47)51(44)45-30-15-28-43(53(45)61-48)41-26-14-25-40-38-23-11-10-22-37(38)34(2)50(52(40)41)35-18-6-4-7-19-35/h4-9,11-21,23-34,48,50H,3,10,22H2,1-2H3. The zero-order valence-corrected chi connectivity index (χ0v) is 34.7. The average molecular weight is 802 g/mol. The van der Waals surface area contributed by atoms with Gasteiger partial charge in [0.05, 0.1) is 5.56 Å². The molecule has 5 heteroatoms. The van der Waals surface area contributed by atoms with Crippen molar-refractivity contribution < 1.29 is 9.15 Å². The van der Waals surface area contributed by atoms with E-state index in [1.165, 1.54) is 27.8 Å². The molecule has 0 saturated carbocycles. The first-order valence-corrected chi connectivity index (χ1v) is 21.9. The minimum atomic E-state index is -0.170. The van der Waals surface area contributed by atoms with Crippen LogP contribution in [0.4, 0.5) is 0 Å². The van der Waals surface area contributed by atoms with Crippen molar-refractivity contribution in [3.8, 4) is 62.2 Å². The summed E-state index contributed by atoms with van der Waals surface area (Å²) >= 11 is 0. The number of furan rings is 1. The molecule has 2 aliphatic carbocycles. The van der Waals surface area contributed by atoms with Crippen LogP contribution < -0.4 is 4.74 Å². The lowest BCUT2D eigenvalue weighted by Crippen LogP contribution is -2.23. The van der Waals surface area contributed by atoms with E-state index in [0.29, 0.717) is 23.4 Å². The van der Waals surface area contributed by atoms with Crippen LogP contribution in [0.15, 0.2) is 180 Å². The molecule has 3 aliphatic rings. The maximum absolute atomic E-state index is 7.22. The van der Waals surface area contributed by atoms with Gasteiger partial charge in [-0.25, -0.2) is 15.0 Å². The molecule has 5 nitrogen and oxygen atoms in total. The fourth-order valence-electron chi connectivity index (χ4n) is 10.5. The molecule has 3 atom stereocenters. The molecule has 0 N–H and O–H groups in total. The summed E-state index contributed by atoms with van der Waals surface area (Å²) in [5.74, 6) is 3.22. The second-order valence-corrected chi connectivity index (χ2v) is 16.7. The van der Waals surface area contributed by atoms with E-state index in [9.17, 15) is 0 Å². The minimum Gasteiger partial charge on any atom is -0.484 e. The van der Waals surface area contributed by atoms with Crippen LogP contribution in [0.5, 0.6) is 5.75 Å². The summed E-state index contributed by atoms with van der Waals surface area (Å²) in [6.07, 6.45) is 7.53. The number of para-hydroxylation sites is 3. The molecule has 12 rings (SSSR count). The van der Waals surface area contributed by atoms with E-state index >= 15 is 0 Å². The van der Waals surface area contributed by atoms with Crippen LogP contribution in [0.1, 0.15) is 67.4 Å². The summed E-state index contributed by atoms with van der Waals surface area (Å²) in [5.41, 5.74) is 16.8. The van der Waals surface area contributed by atoms with Gasteiger partial charge >= 0.3 is 0 Å². The molecule has 7 aromatic carbocycles. The van der Waals surface area contributed by atoms with Gasteiger partial charge in [-0.3, -0.25) is 0 Å². The van der Waals surface area contributed by atoms with Crippen molar-refractivity contribution in [2.75, 3.05) is 0 Å². The van der Waals surface area contributed by atoms with Crippen molar-refractivity contribution in [3.63, 3.8) is 0 Å². The first kappa shape index (κ1) is 36.5. The van der Waals surface area contributed by atoms with E-state index < -0.39 is 0 Å². The predicted octanol–water partition coefficient (Wildman–Crippen LogP) is 14.8. The number of aromatic nitrogens is 3. The lowest BCUT2D eigenvalue weighted by molar-refractivity contribution is 0.199. The van der Waals surface area contributed by atoms with Gasteiger partial charge in [0.2, 0.25) is 0 Å². The second-order valence-electron chi connectivity index (χ2n) is 16.7. The van der Waals surface area contributed by atoms with Crippen molar-refractivity contribution in [2.24, 2.45) is 5.92 Å². The van der Waals surface area contributed by atoms with E-state index in [1.807, 2.05) is 42.5 Å². The number of hydrogen-bond acceptors (Lipinski definition) is 5. The van der Waals surface area contributed by atoms with Gasteiger partial charge in [-0.05, 0) is 65.1 Å². The molecular formula is C57H43N3O2. The molecule has 0 radical (unpaired) electrons. The average Bonchev–Trinajstić information content (AvgIpc) is 3.73. The van der Waals surface area contributed by atoms with Gasteiger partial charge < -0.3 is 9.15 Å². The number of allylic oxidation sites excluding steroid dienone is 4. The Kier molecular flexibility index (Phi) is 8.63. The number of nitrogens with zero attached hydrogens (tertiary/aromatic N) is 3. The monoisotopic (exact) mass is 801 g/mol. The molecule has 0 saturated heterocycles. The van der Waals surface area contributed by atoms with Crippen molar-refractivity contribution in [2.45, 2.75) is 45.1 Å². The second kappa shape index (κ2) is 14.7. The Morgan fingerprint density at radius 3 is 2.06 bits per heavy atom. The Morgan fingerprint density at radius 1 is 0.581 bits per heavy atom. The first-order chi connectivity index (χ1) is 30.6. The quantitative estimate of drug-likeness (QED) is 0.168. The van der Waals surface area contributed by atoms with E-state index in [-0.39, 0.29) is 12.0 Å². The third-order valence-electron chi connectivity index (χ3n) is 13.3. The number of fused-ring (bicyclic) bond motifs is 8. The highest BCUT2D eigenvalue weighted by atomic mass is 16.5. The van der Waals surface area contributed by atoms with Crippen LogP contribution in [0.2, 0.25) is 0 Å². The molecule has 62 heavy (non-hydrogen) atoms. The molecule has 0 amide bonds. The Morgan fingerprint density at radius 2 is 1.23 bits per heavy atom. The van der Waals surface area contributed by atoms with Gasteiger partial charge in [-0.2, -0.15) is 0 Å². The van der Waals surface area contributed by atoms with Gasteiger partial charge in [0.25, 0.3) is 0 Å². The molecule has 0 spiro atoms. The fourth-order valence-corrected chi connectivity index (χ4v) is 10.5. The third-order valence-corrected chi connectivity index (χ3v) is 13.3. The molecule has 2 aromatic heterocycles. The summed E-state index contributed by atoms with van der Waals surface area (Å²) in [7, 11) is 0. The number of benzene rings is 7. The maximum Gasteiger partial charge on any atom is 0.167 e. The normalized spacial score (nSPS) is 17.6. The zero-order chi connectivity index (χ0) is 41.3. The van der Waals surface area contributed by atoms with Gasteiger partial charge in [0.1, 0.15) is 23.0 Å². The Balaban J connectivity index is 1.08. The fraction of sp³-hybridized carbons (Fsp3) is 0.140. The molecule has 0 fully saturated rings. The smallest absolute Gasteiger partial charge is 0.167 e. The summed E-state index contributed by atoms with van der Waals surface area (Å²) in [5, 5.41) is 2.09. The van der Waals surface area contributed by atoms with E-state index in [0.717, 1.165) is 85.9 Å². The van der Waals surface area contributed by atoms with Gasteiger partial charge in [-0.1, -0.05) is 177 Å². The molecule has 9 aromatic rings.